The van der Waals surface area contributed by atoms with Gasteiger partial charge in [0, 0.05) is 0 Å². The molecule has 1 amide bonds. The Bertz CT molecular complexity index is 1110. The van der Waals surface area contributed by atoms with Crippen molar-refractivity contribution in [3.05, 3.63) is 95.6 Å². The molecule has 0 saturated heterocycles. The molecular formula is C24H26N2O3S. The molecule has 0 aliphatic heterocycles. The van der Waals surface area contributed by atoms with E-state index in [0.29, 0.717) is 5.69 Å². The molecule has 0 spiro atoms. The maximum Gasteiger partial charge on any atom is 0.264 e. The Kier molecular flexibility index (Phi) is 6.57. The first kappa shape index (κ1) is 21.6. The number of sulfonamides is 1. The minimum Gasteiger partial charge on any atom is -0.348 e. The van der Waals surface area contributed by atoms with E-state index in [9.17, 15) is 13.2 Å². The molecule has 6 heteroatoms. The Morgan fingerprint density at radius 3 is 2.10 bits per heavy atom. The van der Waals surface area contributed by atoms with Crippen LogP contribution in [0, 0.1) is 13.8 Å². The second-order valence-corrected chi connectivity index (χ2v) is 9.16. The van der Waals surface area contributed by atoms with E-state index >= 15 is 0 Å². The lowest BCUT2D eigenvalue weighted by molar-refractivity contribution is -0.120. The molecule has 0 aliphatic rings. The quantitative estimate of drug-likeness (QED) is 0.615. The third-order valence-electron chi connectivity index (χ3n) is 5.07. The third kappa shape index (κ3) is 4.89. The van der Waals surface area contributed by atoms with Crippen LogP contribution in [0.15, 0.2) is 83.8 Å². The number of carbonyl (C=O) groups excluding carboxylic acids is 1. The Labute approximate surface area is 178 Å². The van der Waals surface area contributed by atoms with Crippen LogP contribution in [0.4, 0.5) is 5.69 Å². The summed E-state index contributed by atoms with van der Waals surface area (Å²) in [4.78, 5) is 13.0. The summed E-state index contributed by atoms with van der Waals surface area (Å²) in [6.45, 7) is 5.64. The van der Waals surface area contributed by atoms with Crippen LogP contribution in [-0.4, -0.2) is 20.9 Å². The Morgan fingerprint density at radius 2 is 1.50 bits per heavy atom. The molecule has 3 aromatic rings. The normalized spacial score (nSPS) is 12.2. The van der Waals surface area contributed by atoms with E-state index in [1.165, 1.54) is 17.7 Å². The average molecular weight is 423 g/mol. The summed E-state index contributed by atoms with van der Waals surface area (Å²) < 4.78 is 27.6. The number of anilines is 1. The summed E-state index contributed by atoms with van der Waals surface area (Å²) in [5, 5.41) is 2.92. The molecule has 0 aliphatic carbocycles. The predicted molar refractivity (Wildman–Crippen MR) is 120 cm³/mol. The molecule has 3 aromatic carbocycles. The number of nitrogens with one attached hydrogen (secondary N) is 1. The molecule has 0 saturated carbocycles. The number of benzene rings is 3. The zero-order valence-corrected chi connectivity index (χ0v) is 18.2. The maximum atomic E-state index is 13.3. The summed E-state index contributed by atoms with van der Waals surface area (Å²) >= 11 is 0. The molecule has 0 aromatic heterocycles. The molecule has 156 valence electrons. The predicted octanol–water partition coefficient (Wildman–Crippen LogP) is 4.38. The van der Waals surface area contributed by atoms with E-state index in [-0.39, 0.29) is 23.4 Å². The largest absolute Gasteiger partial charge is 0.348 e. The molecule has 0 radical (unpaired) electrons. The van der Waals surface area contributed by atoms with Crippen LogP contribution < -0.4 is 9.62 Å². The standard InChI is InChI=1S/C24H26N2O3S/c1-18-14-15-21(16-19(18)2)20(3)25-24(27)17-26(22-10-6-4-7-11-22)30(28,29)23-12-8-5-9-13-23/h4-16,20H,17H2,1-3H3,(H,25,27). The van der Waals surface area contributed by atoms with Crippen molar-refractivity contribution in [2.24, 2.45) is 0 Å². The maximum absolute atomic E-state index is 13.3. The van der Waals surface area contributed by atoms with Crippen molar-refractivity contribution in [3.8, 4) is 0 Å². The smallest absolute Gasteiger partial charge is 0.264 e. The summed E-state index contributed by atoms with van der Waals surface area (Å²) in [5.74, 6) is -0.371. The zero-order valence-electron chi connectivity index (χ0n) is 17.4. The molecule has 0 bridgehead atoms. The Morgan fingerprint density at radius 1 is 0.900 bits per heavy atom. The summed E-state index contributed by atoms with van der Waals surface area (Å²) in [7, 11) is -3.89. The van der Waals surface area contributed by atoms with Gasteiger partial charge in [0.05, 0.1) is 16.6 Å². The highest BCUT2D eigenvalue weighted by Gasteiger charge is 2.27. The molecule has 5 nitrogen and oxygen atoms in total. The fourth-order valence-electron chi connectivity index (χ4n) is 3.16. The van der Waals surface area contributed by atoms with Crippen LogP contribution in [0.1, 0.15) is 29.7 Å². The van der Waals surface area contributed by atoms with Crippen LogP contribution in [0.2, 0.25) is 0 Å². The minimum atomic E-state index is -3.89. The van der Waals surface area contributed by atoms with E-state index in [1.54, 1.807) is 48.5 Å². The highest BCUT2D eigenvalue weighted by molar-refractivity contribution is 7.92. The van der Waals surface area contributed by atoms with Crippen LogP contribution >= 0.6 is 0 Å². The number of carbonyl (C=O) groups is 1. The van der Waals surface area contributed by atoms with Gasteiger partial charge in [-0.1, -0.05) is 54.6 Å². The van der Waals surface area contributed by atoms with Crippen LogP contribution in [0.5, 0.6) is 0 Å². The van der Waals surface area contributed by atoms with Crippen LogP contribution in [0.25, 0.3) is 0 Å². The van der Waals surface area contributed by atoms with E-state index in [0.717, 1.165) is 15.4 Å². The van der Waals surface area contributed by atoms with Crippen molar-refractivity contribution in [3.63, 3.8) is 0 Å². The van der Waals surface area contributed by atoms with E-state index in [1.807, 2.05) is 39.0 Å². The molecule has 1 atom stereocenters. The monoisotopic (exact) mass is 422 g/mol. The van der Waals surface area contributed by atoms with Gasteiger partial charge in [0.1, 0.15) is 6.54 Å². The number of para-hydroxylation sites is 1. The first-order chi connectivity index (χ1) is 14.3. The minimum absolute atomic E-state index is 0.142. The number of hydrogen-bond donors (Lipinski definition) is 1. The number of amides is 1. The number of nitrogens with zero attached hydrogens (tertiary/aromatic N) is 1. The molecule has 3 rings (SSSR count). The second kappa shape index (κ2) is 9.13. The topological polar surface area (TPSA) is 66.5 Å². The van der Waals surface area contributed by atoms with Gasteiger partial charge in [-0.25, -0.2) is 8.42 Å². The van der Waals surface area contributed by atoms with Crippen molar-refractivity contribution in [2.45, 2.75) is 31.7 Å². The number of rotatable bonds is 7. The molecule has 0 heterocycles. The van der Waals surface area contributed by atoms with Crippen molar-refractivity contribution < 1.29 is 13.2 Å². The number of aryl methyl sites for hydroxylation is 2. The van der Waals surface area contributed by atoms with E-state index in [4.69, 9.17) is 0 Å². The SMILES string of the molecule is Cc1ccc(C(C)NC(=O)CN(c2ccccc2)S(=O)(=O)c2ccccc2)cc1C. The Hall–Kier alpha value is -3.12. The van der Waals surface area contributed by atoms with Gasteiger partial charge in [-0.05, 0) is 61.7 Å². The number of hydrogen-bond acceptors (Lipinski definition) is 3. The van der Waals surface area contributed by atoms with Gasteiger partial charge >= 0.3 is 0 Å². The molecular weight excluding hydrogens is 396 g/mol. The van der Waals surface area contributed by atoms with Gasteiger partial charge in [0.2, 0.25) is 5.91 Å². The zero-order chi connectivity index (χ0) is 21.7. The first-order valence-electron chi connectivity index (χ1n) is 9.78. The van der Waals surface area contributed by atoms with Crippen LogP contribution in [-0.2, 0) is 14.8 Å². The molecule has 1 unspecified atom stereocenters. The van der Waals surface area contributed by atoms with Crippen LogP contribution in [0.3, 0.4) is 0 Å². The van der Waals surface area contributed by atoms with Crippen molar-refractivity contribution in [1.82, 2.24) is 5.32 Å². The van der Waals surface area contributed by atoms with Gasteiger partial charge in [-0.3, -0.25) is 9.10 Å². The Balaban J connectivity index is 1.84. The van der Waals surface area contributed by atoms with Crippen molar-refractivity contribution in [2.75, 3.05) is 10.8 Å². The second-order valence-electron chi connectivity index (χ2n) is 7.29. The summed E-state index contributed by atoms with van der Waals surface area (Å²) in [6.07, 6.45) is 0. The van der Waals surface area contributed by atoms with Gasteiger partial charge in [-0.2, -0.15) is 0 Å². The fourth-order valence-corrected chi connectivity index (χ4v) is 4.61. The van der Waals surface area contributed by atoms with Crippen molar-refractivity contribution >= 4 is 21.6 Å². The van der Waals surface area contributed by atoms with E-state index < -0.39 is 10.0 Å². The highest BCUT2D eigenvalue weighted by Crippen LogP contribution is 2.23. The first-order valence-corrected chi connectivity index (χ1v) is 11.2. The molecule has 30 heavy (non-hydrogen) atoms. The average Bonchev–Trinajstić information content (AvgIpc) is 2.75. The van der Waals surface area contributed by atoms with Gasteiger partial charge in [0.25, 0.3) is 10.0 Å². The van der Waals surface area contributed by atoms with Gasteiger partial charge in [-0.15, -0.1) is 0 Å². The fraction of sp³-hybridized carbons (Fsp3) is 0.208. The lowest BCUT2D eigenvalue weighted by atomic mass is 10.0. The van der Waals surface area contributed by atoms with Gasteiger partial charge in [0.15, 0.2) is 0 Å². The van der Waals surface area contributed by atoms with Crippen molar-refractivity contribution in [1.29, 1.82) is 0 Å². The van der Waals surface area contributed by atoms with Gasteiger partial charge < -0.3 is 5.32 Å². The summed E-state index contributed by atoms with van der Waals surface area (Å²) in [6, 6.07) is 22.6. The molecule has 1 N–H and O–H groups in total. The summed E-state index contributed by atoms with van der Waals surface area (Å²) in [5.41, 5.74) is 3.74. The highest BCUT2D eigenvalue weighted by atomic mass is 32.2. The lowest BCUT2D eigenvalue weighted by Crippen LogP contribution is -2.41. The third-order valence-corrected chi connectivity index (χ3v) is 6.86. The van der Waals surface area contributed by atoms with E-state index in [2.05, 4.69) is 5.32 Å². The molecule has 0 fully saturated rings. The lowest BCUT2D eigenvalue weighted by Gasteiger charge is -2.25.